The van der Waals surface area contributed by atoms with Crippen molar-refractivity contribution >= 4 is 29.6 Å². The van der Waals surface area contributed by atoms with Crippen LogP contribution in [0.3, 0.4) is 0 Å². The van der Waals surface area contributed by atoms with E-state index in [1.54, 1.807) is 11.9 Å². The third-order valence-electron chi connectivity index (χ3n) is 4.65. The van der Waals surface area contributed by atoms with Crippen molar-refractivity contribution in [1.82, 2.24) is 4.31 Å². The second-order valence-electron chi connectivity index (χ2n) is 7.42. The molecule has 2 aromatic carbocycles. The van der Waals surface area contributed by atoms with E-state index in [9.17, 15) is 4.39 Å². The molecule has 3 rings (SSSR count). The van der Waals surface area contributed by atoms with Gasteiger partial charge < -0.3 is 9.04 Å². The molecule has 28 heavy (non-hydrogen) atoms. The normalized spacial score (nSPS) is 15.8. The SMILES string of the molecule is CSN1CCC(Oc2ccc(SN(CC(C)C)c3ccc(F)cc3)cc2)CC1. The van der Waals surface area contributed by atoms with Crippen molar-refractivity contribution < 1.29 is 9.13 Å². The average molecular weight is 421 g/mol. The fourth-order valence-electron chi connectivity index (χ4n) is 3.17. The van der Waals surface area contributed by atoms with Crippen molar-refractivity contribution in [2.45, 2.75) is 37.7 Å². The average Bonchev–Trinajstić information content (AvgIpc) is 2.70. The summed E-state index contributed by atoms with van der Waals surface area (Å²) >= 11 is 3.49. The van der Waals surface area contributed by atoms with Crippen LogP contribution in [0.25, 0.3) is 0 Å². The second kappa shape index (κ2) is 10.4. The van der Waals surface area contributed by atoms with Gasteiger partial charge >= 0.3 is 0 Å². The first-order valence-corrected chi connectivity index (χ1v) is 11.8. The summed E-state index contributed by atoms with van der Waals surface area (Å²) in [6, 6.07) is 15.0. The zero-order valence-electron chi connectivity index (χ0n) is 16.8. The standard InChI is InChI=1S/C22H29FN2OS2/c1-17(2)16-25(19-6-4-18(23)5-7-19)28-22-10-8-20(9-11-22)26-21-12-14-24(27-3)15-13-21/h4-11,17,21H,12-16H2,1-3H3. The predicted molar refractivity (Wildman–Crippen MR) is 120 cm³/mol. The number of hydrogen-bond donors (Lipinski definition) is 0. The lowest BCUT2D eigenvalue weighted by molar-refractivity contribution is 0.139. The van der Waals surface area contributed by atoms with E-state index < -0.39 is 0 Å². The molecule has 0 saturated carbocycles. The van der Waals surface area contributed by atoms with E-state index in [0.717, 1.165) is 48.8 Å². The zero-order valence-corrected chi connectivity index (χ0v) is 18.4. The summed E-state index contributed by atoms with van der Waals surface area (Å²) in [5.41, 5.74) is 1.01. The number of benzene rings is 2. The number of ether oxygens (including phenoxy) is 1. The Morgan fingerprint density at radius 3 is 2.29 bits per heavy atom. The Morgan fingerprint density at radius 1 is 1.07 bits per heavy atom. The molecular weight excluding hydrogens is 391 g/mol. The second-order valence-corrected chi connectivity index (χ2v) is 9.40. The molecule has 0 bridgehead atoms. The summed E-state index contributed by atoms with van der Waals surface area (Å²) in [6.07, 6.45) is 4.58. The molecule has 1 fully saturated rings. The number of rotatable bonds is 8. The van der Waals surface area contributed by atoms with E-state index in [4.69, 9.17) is 4.74 Å². The Balaban J connectivity index is 1.60. The molecule has 0 aromatic heterocycles. The van der Waals surface area contributed by atoms with Crippen LogP contribution in [0, 0.1) is 11.7 Å². The molecule has 0 spiro atoms. The number of halogens is 1. The highest BCUT2D eigenvalue weighted by Crippen LogP contribution is 2.31. The number of piperidine rings is 1. The van der Waals surface area contributed by atoms with Crippen molar-refractivity contribution in [1.29, 1.82) is 0 Å². The maximum atomic E-state index is 13.3. The fourth-order valence-corrected chi connectivity index (χ4v) is 4.85. The Bertz CT molecular complexity index is 716. The summed E-state index contributed by atoms with van der Waals surface area (Å²) < 4.78 is 24.1. The van der Waals surface area contributed by atoms with E-state index in [0.29, 0.717) is 12.0 Å². The highest BCUT2D eigenvalue weighted by atomic mass is 32.2. The minimum Gasteiger partial charge on any atom is -0.490 e. The lowest BCUT2D eigenvalue weighted by Gasteiger charge is -2.30. The fraction of sp³-hybridized carbons (Fsp3) is 0.455. The van der Waals surface area contributed by atoms with Gasteiger partial charge in [-0.25, -0.2) is 4.39 Å². The van der Waals surface area contributed by atoms with E-state index in [2.05, 4.69) is 53.0 Å². The molecule has 0 N–H and O–H groups in total. The predicted octanol–water partition coefficient (Wildman–Crippen LogP) is 6.12. The van der Waals surface area contributed by atoms with Crippen LogP contribution >= 0.6 is 23.9 Å². The summed E-state index contributed by atoms with van der Waals surface area (Å²) in [5.74, 6) is 1.24. The first-order valence-electron chi connectivity index (χ1n) is 9.80. The van der Waals surface area contributed by atoms with Crippen LogP contribution < -0.4 is 9.04 Å². The van der Waals surface area contributed by atoms with Gasteiger partial charge in [0, 0.05) is 30.2 Å². The highest BCUT2D eigenvalue weighted by molar-refractivity contribution is 8.00. The molecule has 0 atom stereocenters. The van der Waals surface area contributed by atoms with Gasteiger partial charge in [0.15, 0.2) is 0 Å². The molecule has 1 aliphatic rings. The molecule has 0 amide bonds. The van der Waals surface area contributed by atoms with Gasteiger partial charge in [0.2, 0.25) is 0 Å². The largest absolute Gasteiger partial charge is 0.490 e. The topological polar surface area (TPSA) is 15.7 Å². The van der Waals surface area contributed by atoms with E-state index in [1.165, 1.54) is 12.1 Å². The van der Waals surface area contributed by atoms with Gasteiger partial charge in [-0.15, -0.1) is 0 Å². The van der Waals surface area contributed by atoms with E-state index in [1.807, 2.05) is 24.1 Å². The zero-order chi connectivity index (χ0) is 19.9. The summed E-state index contributed by atoms with van der Waals surface area (Å²) in [6.45, 7) is 7.44. The summed E-state index contributed by atoms with van der Waals surface area (Å²) in [7, 11) is 0. The Labute approximate surface area is 176 Å². The Morgan fingerprint density at radius 2 is 1.71 bits per heavy atom. The highest BCUT2D eigenvalue weighted by Gasteiger charge is 2.20. The van der Waals surface area contributed by atoms with Crippen molar-refractivity contribution in [2.24, 2.45) is 5.92 Å². The lowest BCUT2D eigenvalue weighted by Crippen LogP contribution is -2.34. The molecule has 0 aliphatic carbocycles. The van der Waals surface area contributed by atoms with Crippen LogP contribution in [0.1, 0.15) is 26.7 Å². The maximum Gasteiger partial charge on any atom is 0.123 e. The van der Waals surface area contributed by atoms with Crippen LogP contribution in [0.15, 0.2) is 53.4 Å². The van der Waals surface area contributed by atoms with E-state index >= 15 is 0 Å². The van der Waals surface area contributed by atoms with Gasteiger partial charge in [0.1, 0.15) is 17.7 Å². The first kappa shape index (κ1) is 21.3. The molecule has 1 saturated heterocycles. The van der Waals surface area contributed by atoms with E-state index in [-0.39, 0.29) is 5.82 Å². The van der Waals surface area contributed by atoms with Crippen LogP contribution in [0.4, 0.5) is 10.1 Å². The molecule has 1 heterocycles. The summed E-state index contributed by atoms with van der Waals surface area (Å²) in [4.78, 5) is 1.15. The third kappa shape index (κ3) is 6.33. The van der Waals surface area contributed by atoms with Gasteiger partial charge in [0.05, 0.1) is 0 Å². The minimum atomic E-state index is -0.205. The van der Waals surface area contributed by atoms with Gasteiger partial charge in [-0.3, -0.25) is 4.31 Å². The number of nitrogens with zero attached hydrogens (tertiary/aromatic N) is 2. The summed E-state index contributed by atoms with van der Waals surface area (Å²) in [5, 5.41) is 0. The molecule has 152 valence electrons. The van der Waals surface area contributed by atoms with Crippen LogP contribution in [0.2, 0.25) is 0 Å². The van der Waals surface area contributed by atoms with Crippen molar-refractivity contribution in [3.63, 3.8) is 0 Å². The monoisotopic (exact) mass is 420 g/mol. The molecule has 3 nitrogen and oxygen atoms in total. The molecule has 0 unspecified atom stereocenters. The lowest BCUT2D eigenvalue weighted by atomic mass is 10.1. The van der Waals surface area contributed by atoms with Crippen molar-refractivity contribution in [3.8, 4) is 5.75 Å². The molecule has 6 heteroatoms. The molecule has 0 radical (unpaired) electrons. The molecular formula is C22H29FN2OS2. The van der Waals surface area contributed by atoms with Gasteiger partial charge in [-0.1, -0.05) is 25.8 Å². The quantitative estimate of drug-likeness (QED) is 0.477. The smallest absolute Gasteiger partial charge is 0.123 e. The van der Waals surface area contributed by atoms with Crippen molar-refractivity contribution in [2.75, 3.05) is 30.2 Å². The van der Waals surface area contributed by atoms with Crippen LogP contribution in [-0.2, 0) is 0 Å². The minimum absolute atomic E-state index is 0.205. The maximum absolute atomic E-state index is 13.3. The molecule has 2 aromatic rings. The number of hydrogen-bond acceptors (Lipinski definition) is 5. The van der Waals surface area contributed by atoms with Crippen molar-refractivity contribution in [3.05, 3.63) is 54.3 Å². The third-order valence-corrected chi connectivity index (χ3v) is 6.59. The van der Waals surface area contributed by atoms with Crippen LogP contribution in [-0.4, -0.2) is 36.3 Å². The van der Waals surface area contributed by atoms with Gasteiger partial charge in [-0.2, -0.15) is 0 Å². The number of anilines is 1. The van der Waals surface area contributed by atoms with Crippen LogP contribution in [0.5, 0.6) is 5.75 Å². The first-order chi connectivity index (χ1) is 13.5. The van der Waals surface area contributed by atoms with Gasteiger partial charge in [0.25, 0.3) is 0 Å². The van der Waals surface area contributed by atoms with Gasteiger partial charge in [-0.05, 0) is 85.5 Å². The molecule has 1 aliphatic heterocycles. The Kier molecular flexibility index (Phi) is 7.94. The Hall–Kier alpha value is -1.37.